The second-order valence-electron chi connectivity index (χ2n) is 4.14. The predicted octanol–water partition coefficient (Wildman–Crippen LogP) is 2.32. The Morgan fingerprint density at radius 1 is 1.25 bits per heavy atom. The molecule has 0 saturated carbocycles. The van der Waals surface area contributed by atoms with E-state index in [0.717, 1.165) is 11.1 Å². The summed E-state index contributed by atoms with van der Waals surface area (Å²) in [4.78, 5) is 12.1. The quantitative estimate of drug-likeness (QED) is 0.668. The zero-order valence-corrected chi connectivity index (χ0v) is 9.01. The van der Waals surface area contributed by atoms with Gasteiger partial charge in [-0.15, -0.1) is 0 Å². The molecule has 4 rings (SSSR count). The number of benzene rings is 1. The molecule has 0 aliphatic heterocycles. The van der Waals surface area contributed by atoms with Gasteiger partial charge in [-0.25, -0.2) is 0 Å². The maximum Gasteiger partial charge on any atom is 0.195 e. The van der Waals surface area contributed by atoms with Crippen molar-refractivity contribution < 1.29 is 9.53 Å². The predicted molar refractivity (Wildman–Crippen MR) is 61.2 cm³/mol. The van der Waals surface area contributed by atoms with Crippen molar-refractivity contribution in [3.05, 3.63) is 59.7 Å². The Labute approximate surface area is 94.2 Å². The molecule has 0 radical (unpaired) electrons. The lowest BCUT2D eigenvalue weighted by molar-refractivity contribution is -0.131. The molecule has 0 fully saturated rings. The summed E-state index contributed by atoms with van der Waals surface area (Å²) in [5, 5.41) is 0. The lowest BCUT2D eigenvalue weighted by Gasteiger charge is -2.31. The Balaban J connectivity index is 2.35. The van der Waals surface area contributed by atoms with Crippen molar-refractivity contribution in [2.24, 2.45) is 0 Å². The fourth-order valence-electron chi connectivity index (χ4n) is 2.53. The molecule has 0 amide bonds. The fourth-order valence-corrected chi connectivity index (χ4v) is 2.53. The number of carbonyl (C=O) groups excluding carboxylic acids is 1. The van der Waals surface area contributed by atoms with Gasteiger partial charge in [-0.3, -0.25) is 4.79 Å². The third-order valence-electron chi connectivity index (χ3n) is 3.40. The number of methoxy groups -OCH3 is 1. The standard InChI is InChI=1S/C14H12O2/c1-16-14-9-8-10(6-7-13(14)15)11-4-2-3-5-12(11)14/h2-10H,1H3/t10-,14-/m0/s1. The van der Waals surface area contributed by atoms with Crippen molar-refractivity contribution in [2.45, 2.75) is 11.5 Å². The van der Waals surface area contributed by atoms with E-state index in [9.17, 15) is 4.79 Å². The topological polar surface area (TPSA) is 26.3 Å². The van der Waals surface area contributed by atoms with Crippen molar-refractivity contribution in [1.29, 1.82) is 0 Å². The van der Waals surface area contributed by atoms with Crippen LogP contribution in [-0.4, -0.2) is 12.9 Å². The van der Waals surface area contributed by atoms with Gasteiger partial charge < -0.3 is 4.74 Å². The van der Waals surface area contributed by atoms with E-state index in [1.807, 2.05) is 36.4 Å². The summed E-state index contributed by atoms with van der Waals surface area (Å²) in [6.45, 7) is 0. The molecule has 3 aliphatic rings. The molecule has 0 saturated heterocycles. The van der Waals surface area contributed by atoms with Gasteiger partial charge in [-0.05, 0) is 23.3 Å². The summed E-state index contributed by atoms with van der Waals surface area (Å²) in [6, 6.07) is 7.97. The average Bonchev–Trinajstić information content (AvgIpc) is 2.57. The lowest BCUT2D eigenvalue weighted by atomic mass is 9.79. The third kappa shape index (κ3) is 1.02. The van der Waals surface area contributed by atoms with Gasteiger partial charge >= 0.3 is 0 Å². The van der Waals surface area contributed by atoms with Gasteiger partial charge in [-0.2, -0.15) is 0 Å². The normalized spacial score (nSPS) is 30.3. The molecule has 3 aliphatic carbocycles. The molecule has 1 aromatic rings. The number of hydrogen-bond donors (Lipinski definition) is 0. The van der Waals surface area contributed by atoms with Gasteiger partial charge in [0.1, 0.15) is 0 Å². The molecule has 2 nitrogen and oxygen atoms in total. The molecule has 2 atom stereocenters. The van der Waals surface area contributed by atoms with Gasteiger partial charge in [0.15, 0.2) is 11.4 Å². The Hall–Kier alpha value is -1.67. The number of rotatable bonds is 1. The van der Waals surface area contributed by atoms with E-state index in [0.29, 0.717) is 0 Å². The minimum Gasteiger partial charge on any atom is -0.361 e. The highest BCUT2D eigenvalue weighted by atomic mass is 16.5. The van der Waals surface area contributed by atoms with Crippen molar-refractivity contribution in [2.75, 3.05) is 7.11 Å². The van der Waals surface area contributed by atoms with Gasteiger partial charge in [0.25, 0.3) is 0 Å². The summed E-state index contributed by atoms with van der Waals surface area (Å²) in [6.07, 6.45) is 7.48. The molecular formula is C14H12O2. The van der Waals surface area contributed by atoms with Crippen LogP contribution in [0.2, 0.25) is 0 Å². The first-order valence-electron chi connectivity index (χ1n) is 5.34. The van der Waals surface area contributed by atoms with E-state index in [2.05, 4.69) is 6.07 Å². The van der Waals surface area contributed by atoms with Crippen LogP contribution in [0.4, 0.5) is 0 Å². The van der Waals surface area contributed by atoms with E-state index in [1.165, 1.54) is 0 Å². The van der Waals surface area contributed by atoms with Gasteiger partial charge in [0.2, 0.25) is 0 Å². The zero-order chi connectivity index (χ0) is 11.2. The van der Waals surface area contributed by atoms with Gasteiger partial charge in [-0.1, -0.05) is 36.4 Å². The number of fused-ring (bicyclic) bond motifs is 1. The highest BCUT2D eigenvalue weighted by Gasteiger charge is 2.42. The first kappa shape index (κ1) is 9.55. The highest BCUT2D eigenvalue weighted by molar-refractivity contribution is 6.01. The molecule has 1 aromatic carbocycles. The summed E-state index contributed by atoms with van der Waals surface area (Å²) >= 11 is 0. The second-order valence-corrected chi connectivity index (χ2v) is 4.14. The van der Waals surface area contributed by atoms with Crippen LogP contribution >= 0.6 is 0 Å². The zero-order valence-electron chi connectivity index (χ0n) is 9.01. The Bertz CT molecular complexity index is 513. The van der Waals surface area contributed by atoms with Crippen LogP contribution in [0.3, 0.4) is 0 Å². The third-order valence-corrected chi connectivity index (χ3v) is 3.40. The van der Waals surface area contributed by atoms with Crippen molar-refractivity contribution in [1.82, 2.24) is 0 Å². The first-order valence-corrected chi connectivity index (χ1v) is 5.34. The highest BCUT2D eigenvalue weighted by Crippen LogP contribution is 2.42. The van der Waals surface area contributed by atoms with Crippen LogP contribution in [0.25, 0.3) is 0 Å². The van der Waals surface area contributed by atoms with E-state index in [-0.39, 0.29) is 11.7 Å². The maximum atomic E-state index is 12.1. The Morgan fingerprint density at radius 2 is 2.06 bits per heavy atom. The number of ketones is 1. The van der Waals surface area contributed by atoms with Crippen LogP contribution in [-0.2, 0) is 15.1 Å². The first-order chi connectivity index (χ1) is 7.78. The maximum absolute atomic E-state index is 12.1. The number of hydrogen-bond acceptors (Lipinski definition) is 2. The van der Waals surface area contributed by atoms with Gasteiger partial charge in [0, 0.05) is 13.0 Å². The van der Waals surface area contributed by atoms with Crippen LogP contribution in [0, 0.1) is 0 Å². The minimum atomic E-state index is -0.903. The van der Waals surface area contributed by atoms with E-state index in [4.69, 9.17) is 4.74 Å². The summed E-state index contributed by atoms with van der Waals surface area (Å²) in [5.41, 5.74) is 1.23. The smallest absolute Gasteiger partial charge is 0.195 e. The largest absolute Gasteiger partial charge is 0.361 e. The van der Waals surface area contributed by atoms with Crippen LogP contribution < -0.4 is 0 Å². The van der Waals surface area contributed by atoms with Crippen molar-refractivity contribution in [3.63, 3.8) is 0 Å². The molecule has 2 heteroatoms. The molecule has 16 heavy (non-hydrogen) atoms. The molecule has 0 unspecified atom stereocenters. The molecular weight excluding hydrogens is 200 g/mol. The number of allylic oxidation sites excluding steroid dienone is 2. The van der Waals surface area contributed by atoms with E-state index >= 15 is 0 Å². The van der Waals surface area contributed by atoms with E-state index in [1.54, 1.807) is 13.2 Å². The molecule has 80 valence electrons. The minimum absolute atomic E-state index is 0.00120. The molecule has 0 spiro atoms. The second kappa shape index (κ2) is 3.16. The molecule has 2 bridgehead atoms. The SMILES string of the molecule is CO[C@]12C=C[C@H](C=CC1=O)c1ccccc12. The molecule has 0 heterocycles. The summed E-state index contributed by atoms with van der Waals surface area (Å²) in [5.74, 6) is 0.199. The van der Waals surface area contributed by atoms with E-state index < -0.39 is 5.60 Å². The Kier molecular flexibility index (Phi) is 1.88. The fraction of sp³-hybridized carbons (Fsp3) is 0.214. The summed E-state index contributed by atoms with van der Waals surface area (Å²) in [7, 11) is 1.58. The van der Waals surface area contributed by atoms with Crippen molar-refractivity contribution >= 4 is 5.78 Å². The van der Waals surface area contributed by atoms with Crippen LogP contribution in [0.1, 0.15) is 17.0 Å². The molecule has 0 N–H and O–H groups in total. The number of carbonyl (C=O) groups is 1. The van der Waals surface area contributed by atoms with Crippen molar-refractivity contribution in [3.8, 4) is 0 Å². The lowest BCUT2D eigenvalue weighted by Crippen LogP contribution is -2.36. The van der Waals surface area contributed by atoms with Crippen LogP contribution in [0.15, 0.2) is 48.6 Å². The summed E-state index contributed by atoms with van der Waals surface area (Å²) < 4.78 is 5.50. The number of ether oxygens (including phenoxy) is 1. The Morgan fingerprint density at radius 3 is 2.88 bits per heavy atom. The van der Waals surface area contributed by atoms with Gasteiger partial charge in [0.05, 0.1) is 0 Å². The average molecular weight is 212 g/mol. The molecule has 0 aromatic heterocycles. The van der Waals surface area contributed by atoms with Crippen LogP contribution in [0.5, 0.6) is 0 Å². The monoisotopic (exact) mass is 212 g/mol.